The molecule has 4 rings (SSSR count). The number of hydrogen-bond acceptors (Lipinski definition) is 3. The molecule has 3 atom stereocenters. The Morgan fingerprint density at radius 2 is 1.92 bits per heavy atom. The van der Waals surface area contributed by atoms with Crippen LogP contribution in [0.3, 0.4) is 0 Å². The lowest BCUT2D eigenvalue weighted by molar-refractivity contribution is -0.146. The molecular weight excluding hydrogens is 304 g/mol. The quantitative estimate of drug-likeness (QED) is 0.848. The van der Waals surface area contributed by atoms with Crippen LogP contribution in [0.1, 0.15) is 36.3 Å². The second kappa shape index (κ2) is 6.11. The van der Waals surface area contributed by atoms with Gasteiger partial charge in [0.2, 0.25) is 0 Å². The highest BCUT2D eigenvalue weighted by molar-refractivity contribution is 5.77. The average molecular weight is 328 g/mol. The zero-order chi connectivity index (χ0) is 16.7. The van der Waals surface area contributed by atoms with Crippen LogP contribution >= 0.6 is 0 Å². The predicted molar refractivity (Wildman–Crippen MR) is 89.6 cm³/mol. The third-order valence-corrected chi connectivity index (χ3v) is 5.94. The highest BCUT2D eigenvalue weighted by Crippen LogP contribution is 2.54. The van der Waals surface area contributed by atoms with E-state index in [1.807, 2.05) is 4.90 Å². The smallest absolute Gasteiger partial charge is 0.317 e. The summed E-state index contributed by atoms with van der Waals surface area (Å²) in [5, 5.41) is 3.24. The number of carbonyl (C=O) groups is 2. The van der Waals surface area contributed by atoms with E-state index in [0.29, 0.717) is 37.8 Å². The summed E-state index contributed by atoms with van der Waals surface area (Å²) in [4.78, 5) is 26.0. The van der Waals surface area contributed by atoms with Crippen LogP contribution in [0.25, 0.3) is 0 Å². The third-order valence-electron chi connectivity index (χ3n) is 5.94. The van der Waals surface area contributed by atoms with Crippen molar-refractivity contribution in [1.82, 2.24) is 10.2 Å². The van der Waals surface area contributed by atoms with Gasteiger partial charge in [-0.15, -0.1) is 0 Å². The molecule has 1 aliphatic heterocycles. The summed E-state index contributed by atoms with van der Waals surface area (Å²) in [6, 6.07) is 8.91. The first kappa shape index (κ1) is 15.5. The Kier molecular flexibility index (Phi) is 3.94. The van der Waals surface area contributed by atoms with Crippen molar-refractivity contribution in [3.63, 3.8) is 0 Å². The van der Waals surface area contributed by atoms with Crippen molar-refractivity contribution in [2.75, 3.05) is 20.2 Å². The van der Waals surface area contributed by atoms with Gasteiger partial charge < -0.3 is 15.0 Å². The van der Waals surface area contributed by atoms with E-state index in [9.17, 15) is 9.59 Å². The summed E-state index contributed by atoms with van der Waals surface area (Å²) in [6.45, 7) is 1.26. The second-order valence-electron chi connectivity index (χ2n) is 7.19. The Balaban J connectivity index is 1.33. The summed E-state index contributed by atoms with van der Waals surface area (Å²) in [6.07, 6.45) is 3.67. The summed E-state index contributed by atoms with van der Waals surface area (Å²) in [5.74, 6) is 0.872. The highest BCUT2D eigenvalue weighted by Gasteiger charge is 2.54. The van der Waals surface area contributed by atoms with Gasteiger partial charge in [0.25, 0.3) is 0 Å². The zero-order valence-corrected chi connectivity index (χ0v) is 14.0. The predicted octanol–water partition coefficient (Wildman–Crippen LogP) is 2.31. The van der Waals surface area contributed by atoms with Gasteiger partial charge in [0.15, 0.2) is 0 Å². The Bertz CT molecular complexity index is 652. The summed E-state index contributed by atoms with van der Waals surface area (Å²) in [5.41, 5.74) is 2.86. The lowest BCUT2D eigenvalue weighted by atomic mass is 9.92. The number of aryl methyl sites for hydroxylation is 1. The molecule has 0 spiro atoms. The van der Waals surface area contributed by atoms with Gasteiger partial charge in [-0.05, 0) is 42.7 Å². The van der Waals surface area contributed by atoms with Crippen molar-refractivity contribution in [1.29, 1.82) is 0 Å². The molecular formula is C19H24N2O3. The van der Waals surface area contributed by atoms with Crippen molar-refractivity contribution in [2.24, 2.45) is 11.8 Å². The molecule has 1 aromatic carbocycles. The van der Waals surface area contributed by atoms with Crippen LogP contribution in [0.4, 0.5) is 4.79 Å². The molecule has 1 N–H and O–H groups in total. The van der Waals surface area contributed by atoms with Crippen molar-refractivity contribution in [3.8, 4) is 0 Å². The van der Waals surface area contributed by atoms with Crippen LogP contribution in [0, 0.1) is 11.8 Å². The highest BCUT2D eigenvalue weighted by atomic mass is 16.5. The molecule has 2 aliphatic carbocycles. The molecule has 5 nitrogen and oxygen atoms in total. The molecule has 0 aromatic heterocycles. The first-order valence-electron chi connectivity index (χ1n) is 8.90. The van der Waals surface area contributed by atoms with E-state index in [4.69, 9.17) is 4.74 Å². The van der Waals surface area contributed by atoms with E-state index in [0.717, 1.165) is 12.8 Å². The standard InChI is InChI=1S/C19H24N2O3/c1-24-18(22)13-8-10-21(11-9-13)19(23)20-17-15-7-6-12-4-2-3-5-14(12)16(15)17/h2-5,13,15-17H,6-11H2,1H3,(H,20,23)/t15-,16-,17-/m1/s1. The molecule has 2 amide bonds. The number of fused-ring (bicyclic) bond motifs is 3. The van der Waals surface area contributed by atoms with Gasteiger partial charge in [-0.3, -0.25) is 4.79 Å². The Morgan fingerprint density at radius 3 is 2.67 bits per heavy atom. The van der Waals surface area contributed by atoms with Gasteiger partial charge in [-0.2, -0.15) is 0 Å². The average Bonchev–Trinajstić information content (AvgIpc) is 3.34. The van der Waals surface area contributed by atoms with Gasteiger partial charge in [-0.1, -0.05) is 24.3 Å². The molecule has 24 heavy (non-hydrogen) atoms. The lowest BCUT2D eigenvalue weighted by Crippen LogP contribution is -2.46. The monoisotopic (exact) mass is 328 g/mol. The van der Waals surface area contributed by atoms with E-state index in [-0.39, 0.29) is 24.0 Å². The van der Waals surface area contributed by atoms with E-state index < -0.39 is 0 Å². The Hall–Kier alpha value is -2.04. The molecule has 2 fully saturated rings. The van der Waals surface area contributed by atoms with Gasteiger partial charge in [0.1, 0.15) is 0 Å². The number of urea groups is 1. The fourth-order valence-electron chi connectivity index (χ4n) is 4.48. The van der Waals surface area contributed by atoms with E-state index in [1.165, 1.54) is 18.2 Å². The normalized spacial score (nSPS) is 28.5. The first-order chi connectivity index (χ1) is 11.7. The van der Waals surface area contributed by atoms with Crippen molar-refractivity contribution in [2.45, 2.75) is 37.6 Å². The van der Waals surface area contributed by atoms with Crippen molar-refractivity contribution < 1.29 is 14.3 Å². The third kappa shape index (κ3) is 2.66. The number of esters is 1. The van der Waals surface area contributed by atoms with Crippen molar-refractivity contribution in [3.05, 3.63) is 35.4 Å². The number of benzene rings is 1. The van der Waals surface area contributed by atoms with Crippen molar-refractivity contribution >= 4 is 12.0 Å². The molecule has 1 aromatic rings. The molecule has 0 unspecified atom stereocenters. The summed E-state index contributed by atoms with van der Waals surface area (Å²) >= 11 is 0. The van der Waals surface area contributed by atoms with Crippen LogP contribution in [0.5, 0.6) is 0 Å². The van der Waals surface area contributed by atoms with E-state index >= 15 is 0 Å². The minimum atomic E-state index is -0.153. The number of likely N-dealkylation sites (tertiary alicyclic amines) is 1. The number of methoxy groups -OCH3 is 1. The van der Waals surface area contributed by atoms with Gasteiger partial charge in [-0.25, -0.2) is 4.79 Å². The maximum atomic E-state index is 12.5. The Labute approximate surface area is 142 Å². The molecule has 1 heterocycles. The topological polar surface area (TPSA) is 58.6 Å². The maximum Gasteiger partial charge on any atom is 0.317 e. The second-order valence-corrected chi connectivity index (χ2v) is 7.19. The summed E-state index contributed by atoms with van der Waals surface area (Å²) in [7, 11) is 1.42. The number of piperidine rings is 1. The molecule has 1 saturated carbocycles. The molecule has 0 radical (unpaired) electrons. The molecule has 128 valence electrons. The SMILES string of the molecule is COC(=O)C1CCN(C(=O)N[C@@H]2[C@@H]3CCc4ccccc4[C@H]32)CC1. The number of ether oxygens (including phenoxy) is 1. The van der Waals surface area contributed by atoms with Gasteiger partial charge in [0, 0.05) is 25.0 Å². The molecule has 5 heteroatoms. The minimum absolute atomic E-state index is 0.0233. The van der Waals surface area contributed by atoms with Crippen LogP contribution in [0.2, 0.25) is 0 Å². The van der Waals surface area contributed by atoms with Crippen LogP contribution < -0.4 is 5.32 Å². The maximum absolute atomic E-state index is 12.5. The number of amides is 2. The van der Waals surface area contributed by atoms with Crippen LogP contribution in [-0.2, 0) is 16.0 Å². The molecule has 1 saturated heterocycles. The number of hydrogen-bond donors (Lipinski definition) is 1. The fraction of sp³-hybridized carbons (Fsp3) is 0.579. The van der Waals surface area contributed by atoms with E-state index in [2.05, 4.69) is 29.6 Å². The zero-order valence-electron chi connectivity index (χ0n) is 14.0. The number of carbonyl (C=O) groups excluding carboxylic acids is 2. The summed E-state index contributed by atoms with van der Waals surface area (Å²) < 4.78 is 4.80. The number of nitrogens with zero attached hydrogens (tertiary/aromatic N) is 1. The van der Waals surface area contributed by atoms with Gasteiger partial charge in [0.05, 0.1) is 13.0 Å². The number of nitrogens with one attached hydrogen (secondary N) is 1. The number of rotatable bonds is 2. The first-order valence-corrected chi connectivity index (χ1v) is 8.90. The van der Waals surface area contributed by atoms with E-state index in [1.54, 1.807) is 0 Å². The Morgan fingerprint density at radius 1 is 1.17 bits per heavy atom. The largest absolute Gasteiger partial charge is 0.469 e. The minimum Gasteiger partial charge on any atom is -0.469 e. The molecule has 0 bridgehead atoms. The van der Waals surface area contributed by atoms with Gasteiger partial charge >= 0.3 is 12.0 Å². The van der Waals surface area contributed by atoms with Crippen LogP contribution in [-0.4, -0.2) is 43.1 Å². The lowest BCUT2D eigenvalue weighted by Gasteiger charge is -2.30. The fourth-order valence-corrected chi connectivity index (χ4v) is 4.48. The molecule has 3 aliphatic rings. The van der Waals surface area contributed by atoms with Crippen LogP contribution in [0.15, 0.2) is 24.3 Å².